The van der Waals surface area contributed by atoms with Gasteiger partial charge < -0.3 is 29.8 Å². The summed E-state index contributed by atoms with van der Waals surface area (Å²) in [5, 5.41) is 13.6. The van der Waals surface area contributed by atoms with E-state index in [4.69, 9.17) is 20.4 Å². The number of nitrogens with two attached hydrogens (primary N) is 1. The van der Waals surface area contributed by atoms with Gasteiger partial charge in [0.15, 0.2) is 5.82 Å². The molecule has 1 aromatic carbocycles. The number of imidazole rings is 1. The zero-order chi connectivity index (χ0) is 32.4. The molecular weight excluding hydrogens is 592 g/mol. The molecule has 6 fully saturated rings. The number of methoxy groups -OCH3 is 1. The SMILES string of the molecule is COc1cc(C(=O)N2[C@H]3CC[C@@H]2[C@H](N)C3)cc2nc(-c3cc4ccc([C@@H](C)NC(=O)C56CC(C#N)(C5)C6)nc4n3CC3CC3)n(C)c12. The van der Waals surface area contributed by atoms with Crippen LogP contribution in [0.3, 0.4) is 0 Å². The van der Waals surface area contributed by atoms with Crippen molar-refractivity contribution in [3.8, 4) is 23.3 Å². The zero-order valence-electron chi connectivity index (χ0n) is 27.1. The van der Waals surface area contributed by atoms with Crippen molar-refractivity contribution < 1.29 is 14.3 Å². The molecule has 0 spiro atoms. The summed E-state index contributed by atoms with van der Waals surface area (Å²) >= 11 is 0. The van der Waals surface area contributed by atoms with Crippen LogP contribution in [0.4, 0.5) is 0 Å². The first kappa shape index (κ1) is 28.8. The van der Waals surface area contributed by atoms with Crippen LogP contribution in [0.2, 0.25) is 0 Å². The van der Waals surface area contributed by atoms with E-state index in [9.17, 15) is 14.9 Å². The van der Waals surface area contributed by atoms with E-state index in [-0.39, 0.29) is 46.8 Å². The van der Waals surface area contributed by atoms with E-state index in [0.29, 0.717) is 42.0 Å². The smallest absolute Gasteiger partial charge is 0.254 e. The topological polar surface area (TPSA) is 144 Å². The number of hydrogen-bond donors (Lipinski definition) is 2. The van der Waals surface area contributed by atoms with Crippen LogP contribution in [0.1, 0.15) is 80.4 Å². The Morgan fingerprint density at radius 2 is 1.94 bits per heavy atom. The number of benzene rings is 1. The first-order valence-electron chi connectivity index (χ1n) is 17.0. The van der Waals surface area contributed by atoms with Gasteiger partial charge in [0.25, 0.3) is 5.91 Å². The maximum atomic E-state index is 13.8. The molecule has 242 valence electrons. The number of ether oxygens (including phenoxy) is 1. The van der Waals surface area contributed by atoms with Crippen LogP contribution in [0.25, 0.3) is 33.6 Å². The maximum Gasteiger partial charge on any atom is 0.254 e. The Kier molecular flexibility index (Phi) is 6.00. The van der Waals surface area contributed by atoms with Crippen molar-refractivity contribution in [3.63, 3.8) is 0 Å². The average molecular weight is 633 g/mol. The summed E-state index contributed by atoms with van der Waals surface area (Å²) in [4.78, 5) is 39.2. The minimum absolute atomic E-state index is 0.00255. The highest BCUT2D eigenvalue weighted by Crippen LogP contribution is 2.73. The van der Waals surface area contributed by atoms with Gasteiger partial charge in [-0.15, -0.1) is 0 Å². The molecule has 2 aliphatic heterocycles. The summed E-state index contributed by atoms with van der Waals surface area (Å²) in [5.41, 5.74) is 10.5. The van der Waals surface area contributed by atoms with Gasteiger partial charge in [-0.1, -0.05) is 0 Å². The molecule has 0 unspecified atom stereocenters. The van der Waals surface area contributed by atoms with Crippen LogP contribution in [-0.2, 0) is 18.4 Å². The Hall–Kier alpha value is -4.43. The van der Waals surface area contributed by atoms with E-state index < -0.39 is 0 Å². The lowest BCUT2D eigenvalue weighted by Crippen LogP contribution is -2.67. The van der Waals surface area contributed by atoms with E-state index in [0.717, 1.165) is 59.6 Å². The highest BCUT2D eigenvalue weighted by molar-refractivity contribution is 6.01. The number of hydrogen-bond acceptors (Lipinski definition) is 7. The Bertz CT molecular complexity index is 2030. The number of aryl methyl sites for hydroxylation is 1. The van der Waals surface area contributed by atoms with Crippen LogP contribution < -0.4 is 15.8 Å². The molecule has 3 N–H and O–H groups in total. The second kappa shape index (κ2) is 9.80. The molecule has 4 atom stereocenters. The Morgan fingerprint density at radius 3 is 2.60 bits per heavy atom. The molecule has 6 aliphatic rings. The molecule has 11 nitrogen and oxygen atoms in total. The first-order chi connectivity index (χ1) is 22.6. The number of aromatic nitrogens is 4. The number of rotatable bonds is 8. The second-order valence-electron chi connectivity index (χ2n) is 15.1. The number of carbonyl (C=O) groups is 2. The predicted octanol–water partition coefficient (Wildman–Crippen LogP) is 4.58. The van der Waals surface area contributed by atoms with Gasteiger partial charge in [0, 0.05) is 42.7 Å². The summed E-state index contributed by atoms with van der Waals surface area (Å²) in [5.74, 6) is 2.01. The van der Waals surface area contributed by atoms with Crippen LogP contribution in [-0.4, -0.2) is 61.1 Å². The second-order valence-corrected chi connectivity index (χ2v) is 15.1. The fourth-order valence-electron chi connectivity index (χ4n) is 9.20. The molecule has 5 heterocycles. The quantitative estimate of drug-likeness (QED) is 0.289. The van der Waals surface area contributed by atoms with Crippen LogP contribution in [0.15, 0.2) is 30.3 Å². The molecule has 4 aromatic rings. The number of amides is 2. The van der Waals surface area contributed by atoms with Crippen molar-refractivity contribution in [1.82, 2.24) is 29.3 Å². The summed E-state index contributed by atoms with van der Waals surface area (Å²) in [6.07, 6.45) is 7.19. The number of fused-ring (bicyclic) bond motifs is 4. The lowest BCUT2D eigenvalue weighted by Gasteiger charge is -2.65. The third-order valence-electron chi connectivity index (χ3n) is 11.9. The van der Waals surface area contributed by atoms with Gasteiger partial charge in [0.2, 0.25) is 5.91 Å². The minimum atomic E-state index is -0.375. The third-order valence-corrected chi connectivity index (χ3v) is 11.9. The molecule has 2 amide bonds. The van der Waals surface area contributed by atoms with Crippen molar-refractivity contribution in [2.45, 2.75) is 89.0 Å². The van der Waals surface area contributed by atoms with Gasteiger partial charge in [-0.2, -0.15) is 5.26 Å². The number of nitriles is 1. The lowest BCUT2D eigenvalue weighted by molar-refractivity contribution is -0.185. The number of pyridine rings is 1. The number of carbonyl (C=O) groups excluding carboxylic acids is 2. The van der Waals surface area contributed by atoms with E-state index in [2.05, 4.69) is 32.7 Å². The Morgan fingerprint density at radius 1 is 1.15 bits per heavy atom. The predicted molar refractivity (Wildman–Crippen MR) is 175 cm³/mol. The maximum absolute atomic E-state index is 13.8. The Balaban J connectivity index is 1.07. The van der Waals surface area contributed by atoms with E-state index in [1.807, 2.05) is 37.1 Å². The van der Waals surface area contributed by atoms with Gasteiger partial charge in [0.05, 0.1) is 47.0 Å². The van der Waals surface area contributed by atoms with E-state index >= 15 is 0 Å². The third kappa shape index (κ3) is 4.13. The van der Waals surface area contributed by atoms with Gasteiger partial charge in [0.1, 0.15) is 16.9 Å². The number of nitrogens with zero attached hydrogens (tertiary/aromatic N) is 6. The van der Waals surface area contributed by atoms with E-state index in [1.165, 1.54) is 12.8 Å². The molecule has 4 saturated carbocycles. The highest BCUT2D eigenvalue weighted by Gasteiger charge is 2.72. The molecule has 0 radical (unpaired) electrons. The molecule has 4 aliphatic carbocycles. The molecule has 2 saturated heterocycles. The molecule has 11 heteroatoms. The lowest BCUT2D eigenvalue weighted by atomic mass is 9.35. The zero-order valence-corrected chi connectivity index (χ0v) is 27.1. The first-order valence-corrected chi connectivity index (χ1v) is 17.0. The van der Waals surface area contributed by atoms with Crippen molar-refractivity contribution in [2.75, 3.05) is 7.11 Å². The van der Waals surface area contributed by atoms with Crippen molar-refractivity contribution in [1.29, 1.82) is 5.26 Å². The highest BCUT2D eigenvalue weighted by atomic mass is 16.5. The number of nitrogens with one attached hydrogen (secondary N) is 1. The van der Waals surface area contributed by atoms with Crippen LogP contribution >= 0.6 is 0 Å². The van der Waals surface area contributed by atoms with Crippen LogP contribution in [0, 0.1) is 28.1 Å². The molecule has 47 heavy (non-hydrogen) atoms. The van der Waals surface area contributed by atoms with Gasteiger partial charge in [-0.3, -0.25) is 9.59 Å². The normalized spacial score (nSPS) is 29.4. The summed E-state index contributed by atoms with van der Waals surface area (Å²) in [6.45, 7) is 2.81. The molecule has 3 aromatic heterocycles. The molecular formula is C36H40N8O3. The Labute approximate surface area is 273 Å². The average Bonchev–Trinajstić information content (AvgIpc) is 3.34. The summed E-state index contributed by atoms with van der Waals surface area (Å²) in [6, 6.07) is 12.4. The van der Waals surface area contributed by atoms with Gasteiger partial charge >= 0.3 is 0 Å². The van der Waals surface area contributed by atoms with Crippen molar-refractivity contribution in [3.05, 3.63) is 41.6 Å². The summed E-state index contributed by atoms with van der Waals surface area (Å²) < 4.78 is 10.2. The van der Waals surface area contributed by atoms with Gasteiger partial charge in [-0.25, -0.2) is 9.97 Å². The molecule has 4 bridgehead atoms. The van der Waals surface area contributed by atoms with Crippen molar-refractivity contribution in [2.24, 2.45) is 29.5 Å². The minimum Gasteiger partial charge on any atom is -0.494 e. The van der Waals surface area contributed by atoms with Crippen molar-refractivity contribution >= 4 is 33.9 Å². The van der Waals surface area contributed by atoms with E-state index in [1.54, 1.807) is 7.11 Å². The largest absolute Gasteiger partial charge is 0.494 e. The molecule has 10 rings (SSSR count). The monoisotopic (exact) mass is 632 g/mol. The standard InChI is InChI=1S/C36H40N8O3/c1-19(39-34(46)36-15-35(16-36,17-36)18-37)25-8-6-21-11-28(43(31(21)40-25)14-20-4-5-20)32-41-26-10-22(12-29(47-3)30(26)42(32)2)33(45)44-23-7-9-27(44)24(38)13-23/h6,8,10-12,19-20,23-24,27H,4-5,7,9,13-17,38H2,1-3H3,(H,39,46)/t19-,23+,24-,27-,35?,36?/m1/s1. The fraction of sp³-hybridized carbons (Fsp3) is 0.528. The fourth-order valence-corrected chi connectivity index (χ4v) is 9.20. The van der Waals surface area contributed by atoms with Gasteiger partial charge in [-0.05, 0) is 94.5 Å². The van der Waals surface area contributed by atoms with Crippen LogP contribution in [0.5, 0.6) is 5.75 Å². The summed E-state index contributed by atoms with van der Waals surface area (Å²) in [7, 11) is 3.63.